The van der Waals surface area contributed by atoms with E-state index in [1.165, 1.54) is 65.4 Å². The van der Waals surface area contributed by atoms with Crippen LogP contribution < -0.4 is 20.9 Å². The van der Waals surface area contributed by atoms with E-state index in [4.69, 9.17) is 0 Å². The Hall–Kier alpha value is -5.20. The van der Waals surface area contributed by atoms with Gasteiger partial charge in [-0.05, 0) is 117 Å². The molecule has 0 fully saturated rings. The van der Waals surface area contributed by atoms with Crippen LogP contribution in [0.5, 0.6) is 0 Å². The molecule has 2 aromatic rings. The van der Waals surface area contributed by atoms with E-state index in [1.54, 1.807) is 0 Å². The minimum atomic E-state index is 0.973. The number of allylic oxidation sites excluding steroid dienone is 24. The smallest absolute Gasteiger partial charge is 0.0163 e. The molecule has 236 valence electrons. The van der Waals surface area contributed by atoms with Crippen LogP contribution in [0, 0.1) is 0 Å². The molecule has 10 rings (SSSR count). The molecule has 0 nitrogen and oxygen atoms in total. The van der Waals surface area contributed by atoms with Crippen molar-refractivity contribution < 1.29 is 0 Å². The van der Waals surface area contributed by atoms with Gasteiger partial charge >= 0.3 is 0 Å². The van der Waals surface area contributed by atoms with Crippen molar-refractivity contribution in [3.05, 3.63) is 211 Å². The van der Waals surface area contributed by atoms with Gasteiger partial charge in [-0.15, -0.1) is 0 Å². The number of hydrogen-bond donors (Lipinski definition) is 0. The molecule has 0 unspecified atom stereocenters. The molecule has 0 aromatic heterocycles. The quantitative estimate of drug-likeness (QED) is 0.322. The second-order valence-electron chi connectivity index (χ2n) is 13.0. The summed E-state index contributed by atoms with van der Waals surface area (Å²) in [5, 5.41) is 5.33. The molecule has 0 heterocycles. The number of aryl methyl sites for hydroxylation is 4. The minimum absolute atomic E-state index is 0.973. The summed E-state index contributed by atoms with van der Waals surface area (Å²) < 4.78 is 0. The fraction of sp³-hybridized carbons (Fsp3) is 0.167. The van der Waals surface area contributed by atoms with Crippen molar-refractivity contribution in [2.45, 2.75) is 51.4 Å². The minimum Gasteiger partial charge on any atom is -0.0801 e. The van der Waals surface area contributed by atoms with Gasteiger partial charge in [-0.2, -0.15) is 0 Å². The van der Waals surface area contributed by atoms with Crippen molar-refractivity contribution in [1.82, 2.24) is 0 Å². The van der Waals surface area contributed by atoms with Crippen molar-refractivity contribution in [2.24, 2.45) is 0 Å². The van der Waals surface area contributed by atoms with Gasteiger partial charge in [-0.1, -0.05) is 170 Å². The van der Waals surface area contributed by atoms with E-state index in [1.807, 2.05) is 0 Å². The van der Waals surface area contributed by atoms with Gasteiger partial charge in [0.15, 0.2) is 0 Å². The lowest BCUT2D eigenvalue weighted by molar-refractivity contribution is 0.896. The maximum atomic E-state index is 2.47. The molecular formula is C48H44. The Morgan fingerprint density at radius 3 is 0.688 bits per heavy atom. The predicted octanol–water partition coefficient (Wildman–Crippen LogP) is 8.46. The first-order valence-corrected chi connectivity index (χ1v) is 17.6. The Morgan fingerprint density at radius 2 is 0.479 bits per heavy atom. The highest BCUT2D eigenvalue weighted by Crippen LogP contribution is 2.13. The van der Waals surface area contributed by atoms with Crippen molar-refractivity contribution in [3.63, 3.8) is 0 Å². The molecule has 0 spiro atoms. The fourth-order valence-electron chi connectivity index (χ4n) is 6.84. The molecule has 0 heteroatoms. The monoisotopic (exact) mass is 620 g/mol. The highest BCUT2D eigenvalue weighted by Gasteiger charge is 2.10. The van der Waals surface area contributed by atoms with Gasteiger partial charge in [-0.25, -0.2) is 0 Å². The number of hydrogen-bond acceptors (Lipinski definition) is 0. The Labute approximate surface area is 286 Å². The summed E-state index contributed by atoms with van der Waals surface area (Å²) >= 11 is 0. The summed E-state index contributed by atoms with van der Waals surface area (Å²) in [7, 11) is 0. The zero-order chi connectivity index (χ0) is 32.4. The Bertz CT molecular complexity index is 1820. The van der Waals surface area contributed by atoms with Crippen LogP contribution in [-0.2, 0) is 25.7 Å². The molecule has 0 radical (unpaired) electrons. The molecule has 4 bridgehead atoms. The van der Waals surface area contributed by atoms with Crippen LogP contribution in [0.3, 0.4) is 0 Å². The van der Waals surface area contributed by atoms with Gasteiger partial charge in [0, 0.05) is 0 Å². The molecule has 0 saturated carbocycles. The van der Waals surface area contributed by atoms with Gasteiger partial charge in [0.1, 0.15) is 0 Å². The van der Waals surface area contributed by atoms with Crippen molar-refractivity contribution in [1.29, 1.82) is 0 Å². The van der Waals surface area contributed by atoms with E-state index in [-0.39, 0.29) is 0 Å². The fourth-order valence-corrected chi connectivity index (χ4v) is 6.84. The average molecular weight is 621 g/mol. The average Bonchev–Trinajstić information content (AvgIpc) is 3.14. The topological polar surface area (TPSA) is 0 Å². The molecule has 0 amide bonds. The third-order valence-corrected chi connectivity index (χ3v) is 9.52. The van der Waals surface area contributed by atoms with Crippen LogP contribution in [0.25, 0.3) is 24.3 Å². The lowest BCUT2D eigenvalue weighted by Crippen LogP contribution is -2.26. The van der Waals surface area contributed by atoms with Gasteiger partial charge in [0.2, 0.25) is 0 Å². The van der Waals surface area contributed by atoms with E-state index in [0.29, 0.717) is 0 Å². The van der Waals surface area contributed by atoms with Crippen molar-refractivity contribution >= 4 is 24.3 Å². The SMILES string of the molecule is C1=CC(=C/C=c2\cc3/c(=C/C=C4C=CCC=C4)cc2CCc2c/c(=C\C=C4C=CCC=C4)c(c/c2=C\C=C2C=CCC=C2)CC3)C=CC1. The molecule has 48 heavy (non-hydrogen) atoms. The summed E-state index contributed by atoms with van der Waals surface area (Å²) in [5.74, 6) is 0. The predicted molar refractivity (Wildman–Crippen MR) is 208 cm³/mol. The third-order valence-electron chi connectivity index (χ3n) is 9.52. The van der Waals surface area contributed by atoms with Crippen LogP contribution in [0.2, 0.25) is 0 Å². The number of rotatable bonds is 4. The molecule has 0 saturated heterocycles. The second-order valence-corrected chi connectivity index (χ2v) is 13.0. The van der Waals surface area contributed by atoms with Gasteiger partial charge in [-0.3, -0.25) is 0 Å². The van der Waals surface area contributed by atoms with E-state index in [2.05, 4.69) is 170 Å². The molecule has 8 aliphatic carbocycles. The zero-order valence-corrected chi connectivity index (χ0v) is 27.8. The first-order chi connectivity index (χ1) is 23.8. The summed E-state index contributed by atoms with van der Waals surface area (Å²) in [4.78, 5) is 0. The molecule has 2 aromatic carbocycles. The first kappa shape index (κ1) is 31.4. The molecule has 0 N–H and O–H groups in total. The lowest BCUT2D eigenvalue weighted by atomic mass is 9.91. The first-order valence-electron chi connectivity index (χ1n) is 17.6. The van der Waals surface area contributed by atoms with Crippen LogP contribution in [0.4, 0.5) is 0 Å². The van der Waals surface area contributed by atoms with Crippen LogP contribution >= 0.6 is 0 Å². The Kier molecular flexibility index (Phi) is 10.2. The maximum Gasteiger partial charge on any atom is -0.0163 e. The number of benzene rings is 2. The van der Waals surface area contributed by atoms with Crippen LogP contribution in [0.15, 0.2) is 168 Å². The Morgan fingerprint density at radius 1 is 0.271 bits per heavy atom. The molecular weight excluding hydrogens is 577 g/mol. The van der Waals surface area contributed by atoms with E-state index in [0.717, 1.165) is 51.4 Å². The normalized spacial score (nSPS) is 19.5. The van der Waals surface area contributed by atoms with Crippen molar-refractivity contribution in [2.75, 3.05) is 0 Å². The van der Waals surface area contributed by atoms with Crippen LogP contribution in [0.1, 0.15) is 47.9 Å². The molecule has 0 aliphatic heterocycles. The zero-order valence-electron chi connectivity index (χ0n) is 27.8. The Balaban J connectivity index is 1.38. The maximum absolute atomic E-state index is 2.47. The van der Waals surface area contributed by atoms with Crippen LogP contribution in [-0.4, -0.2) is 0 Å². The van der Waals surface area contributed by atoms with E-state index >= 15 is 0 Å². The van der Waals surface area contributed by atoms with E-state index < -0.39 is 0 Å². The summed E-state index contributed by atoms with van der Waals surface area (Å²) in [5.41, 5.74) is 10.6. The van der Waals surface area contributed by atoms with Crippen molar-refractivity contribution in [3.8, 4) is 0 Å². The highest BCUT2D eigenvalue weighted by atomic mass is 14.1. The third kappa shape index (κ3) is 8.20. The van der Waals surface area contributed by atoms with Gasteiger partial charge in [0.25, 0.3) is 0 Å². The standard InChI is InChI=1S/C48H44/c1-5-13-37(14-6-1)21-25-41-33-46-31-32-48-36-43(27-23-39-17-9-3-10-18-39)47(35-44(48)28-24-40-19-11-4-12-20-40)30-29-45(41)34-42(46)26-22-38-15-7-2-8-16-38/h5-28,33-36H,1-4,29-32H2/b41-25+,42-26+,43-27+,44-28+. The van der Waals surface area contributed by atoms with Gasteiger partial charge < -0.3 is 0 Å². The largest absolute Gasteiger partial charge is 0.0801 e. The molecule has 0 atom stereocenters. The van der Waals surface area contributed by atoms with E-state index in [9.17, 15) is 0 Å². The second kappa shape index (κ2) is 15.6. The molecule has 8 aliphatic rings. The lowest BCUT2D eigenvalue weighted by Gasteiger charge is -2.14. The summed E-state index contributed by atoms with van der Waals surface area (Å²) in [6.07, 6.45) is 62.2. The van der Waals surface area contributed by atoms with Gasteiger partial charge in [0.05, 0.1) is 0 Å². The summed E-state index contributed by atoms with van der Waals surface area (Å²) in [6, 6.07) is 9.87. The summed E-state index contributed by atoms with van der Waals surface area (Å²) in [6.45, 7) is 0. The highest BCUT2D eigenvalue weighted by molar-refractivity contribution is 5.56.